The van der Waals surface area contributed by atoms with Crippen LogP contribution >= 0.6 is 15.9 Å². The Hall–Kier alpha value is -1.88. The van der Waals surface area contributed by atoms with Gasteiger partial charge in [-0.3, -0.25) is 4.79 Å². The Morgan fingerprint density at radius 2 is 2.00 bits per heavy atom. The van der Waals surface area contributed by atoms with Crippen molar-refractivity contribution in [3.63, 3.8) is 0 Å². The van der Waals surface area contributed by atoms with E-state index < -0.39 is 0 Å². The highest BCUT2D eigenvalue weighted by molar-refractivity contribution is 9.10. The summed E-state index contributed by atoms with van der Waals surface area (Å²) >= 11 is 3.38. The SMILES string of the molecule is Cc1ccc(OCC(=O)Nc2ccc(C)c(F)c2)c(Br)c1. The summed E-state index contributed by atoms with van der Waals surface area (Å²) < 4.78 is 19.6. The molecule has 0 radical (unpaired) electrons. The molecule has 0 aromatic heterocycles. The van der Waals surface area contributed by atoms with Crippen molar-refractivity contribution in [2.45, 2.75) is 13.8 Å². The van der Waals surface area contributed by atoms with Gasteiger partial charge in [-0.1, -0.05) is 12.1 Å². The van der Waals surface area contributed by atoms with Gasteiger partial charge in [-0.25, -0.2) is 4.39 Å². The van der Waals surface area contributed by atoms with Gasteiger partial charge >= 0.3 is 0 Å². The predicted octanol–water partition coefficient (Wildman–Crippen LogP) is 4.22. The predicted molar refractivity (Wildman–Crippen MR) is 84.1 cm³/mol. The molecule has 0 aliphatic carbocycles. The first-order chi connectivity index (χ1) is 9.95. The summed E-state index contributed by atoms with van der Waals surface area (Å²) in [5.74, 6) is -0.105. The van der Waals surface area contributed by atoms with E-state index in [0.717, 1.165) is 10.0 Å². The molecule has 5 heteroatoms. The third-order valence-corrected chi connectivity index (χ3v) is 3.52. The van der Waals surface area contributed by atoms with Crippen LogP contribution < -0.4 is 10.1 Å². The number of rotatable bonds is 4. The number of hydrogen-bond donors (Lipinski definition) is 1. The van der Waals surface area contributed by atoms with Crippen molar-refractivity contribution in [2.75, 3.05) is 11.9 Å². The van der Waals surface area contributed by atoms with Gasteiger partial charge in [0.05, 0.1) is 4.47 Å². The van der Waals surface area contributed by atoms with E-state index in [4.69, 9.17) is 4.74 Å². The molecule has 0 unspecified atom stereocenters. The molecule has 0 aliphatic rings. The third kappa shape index (κ3) is 4.29. The first-order valence-corrected chi connectivity index (χ1v) is 7.20. The lowest BCUT2D eigenvalue weighted by Gasteiger charge is -2.10. The molecular weight excluding hydrogens is 337 g/mol. The molecule has 2 rings (SSSR count). The lowest BCUT2D eigenvalue weighted by Crippen LogP contribution is -2.20. The summed E-state index contributed by atoms with van der Waals surface area (Å²) in [6.45, 7) is 3.49. The maximum Gasteiger partial charge on any atom is 0.262 e. The average Bonchev–Trinajstić information content (AvgIpc) is 2.42. The standard InChI is InChI=1S/C16H15BrFNO2/c1-10-3-6-15(13(17)7-10)21-9-16(20)19-12-5-4-11(2)14(18)8-12/h3-8H,9H2,1-2H3,(H,19,20). The molecule has 2 aromatic rings. The minimum Gasteiger partial charge on any atom is -0.483 e. The van der Waals surface area contributed by atoms with Crippen molar-refractivity contribution in [1.29, 1.82) is 0 Å². The van der Waals surface area contributed by atoms with Gasteiger partial charge < -0.3 is 10.1 Å². The molecule has 0 atom stereocenters. The minimum absolute atomic E-state index is 0.142. The van der Waals surface area contributed by atoms with Gasteiger partial charge in [-0.15, -0.1) is 0 Å². The maximum atomic E-state index is 13.4. The lowest BCUT2D eigenvalue weighted by atomic mass is 10.2. The van der Waals surface area contributed by atoms with Gasteiger partial charge in [-0.2, -0.15) is 0 Å². The van der Waals surface area contributed by atoms with Crippen LogP contribution in [0.4, 0.5) is 10.1 Å². The molecular formula is C16H15BrFNO2. The average molecular weight is 352 g/mol. The number of nitrogens with one attached hydrogen (secondary N) is 1. The highest BCUT2D eigenvalue weighted by atomic mass is 79.9. The summed E-state index contributed by atoms with van der Waals surface area (Å²) in [6.07, 6.45) is 0. The van der Waals surface area contributed by atoms with Crippen LogP contribution in [0.3, 0.4) is 0 Å². The third-order valence-electron chi connectivity index (χ3n) is 2.90. The zero-order chi connectivity index (χ0) is 15.4. The first-order valence-electron chi connectivity index (χ1n) is 6.40. The smallest absolute Gasteiger partial charge is 0.262 e. The summed E-state index contributed by atoms with van der Waals surface area (Å²) in [6, 6.07) is 10.1. The van der Waals surface area contributed by atoms with E-state index in [1.165, 1.54) is 6.07 Å². The van der Waals surface area contributed by atoms with Crippen molar-refractivity contribution in [1.82, 2.24) is 0 Å². The molecule has 0 heterocycles. The zero-order valence-electron chi connectivity index (χ0n) is 11.7. The van der Waals surface area contributed by atoms with Gasteiger partial charge in [0.15, 0.2) is 6.61 Å². The van der Waals surface area contributed by atoms with E-state index in [1.807, 2.05) is 19.1 Å². The second-order valence-electron chi connectivity index (χ2n) is 4.73. The monoisotopic (exact) mass is 351 g/mol. The fraction of sp³-hybridized carbons (Fsp3) is 0.188. The molecule has 0 aliphatic heterocycles. The number of hydrogen-bond acceptors (Lipinski definition) is 2. The number of ether oxygens (including phenoxy) is 1. The molecule has 0 spiro atoms. The molecule has 1 amide bonds. The molecule has 0 fully saturated rings. The highest BCUT2D eigenvalue weighted by Gasteiger charge is 2.07. The molecule has 1 N–H and O–H groups in total. The topological polar surface area (TPSA) is 38.3 Å². The van der Waals surface area contributed by atoms with E-state index in [-0.39, 0.29) is 18.3 Å². The largest absolute Gasteiger partial charge is 0.483 e. The number of benzene rings is 2. The number of carbonyl (C=O) groups excluding carboxylic acids is 1. The molecule has 2 aromatic carbocycles. The van der Waals surface area contributed by atoms with Crippen LogP contribution in [0.5, 0.6) is 5.75 Å². The van der Waals surface area contributed by atoms with Crippen molar-refractivity contribution >= 4 is 27.5 Å². The van der Waals surface area contributed by atoms with Gasteiger partial charge in [0.25, 0.3) is 5.91 Å². The van der Waals surface area contributed by atoms with Gasteiger partial charge in [-0.05, 0) is 65.2 Å². The van der Waals surface area contributed by atoms with Gasteiger partial charge in [0.1, 0.15) is 11.6 Å². The van der Waals surface area contributed by atoms with Crippen molar-refractivity contribution in [3.05, 3.63) is 57.8 Å². The maximum absolute atomic E-state index is 13.4. The Kier molecular flexibility index (Phi) is 4.96. The fourth-order valence-corrected chi connectivity index (χ4v) is 2.34. The Morgan fingerprint density at radius 1 is 1.24 bits per heavy atom. The van der Waals surface area contributed by atoms with E-state index in [9.17, 15) is 9.18 Å². The van der Waals surface area contributed by atoms with E-state index >= 15 is 0 Å². The highest BCUT2D eigenvalue weighted by Crippen LogP contribution is 2.25. The summed E-state index contributed by atoms with van der Waals surface area (Å²) in [5, 5.41) is 2.59. The van der Waals surface area contributed by atoms with Crippen LogP contribution in [0.15, 0.2) is 40.9 Å². The number of aryl methyl sites for hydroxylation is 2. The van der Waals surface area contributed by atoms with Crippen LogP contribution in [0, 0.1) is 19.7 Å². The van der Waals surface area contributed by atoms with Crippen LogP contribution in [0.25, 0.3) is 0 Å². The molecule has 110 valence electrons. The number of halogens is 2. The Labute approximate surface area is 131 Å². The van der Waals surface area contributed by atoms with Crippen LogP contribution in [0.2, 0.25) is 0 Å². The number of carbonyl (C=O) groups is 1. The summed E-state index contributed by atoms with van der Waals surface area (Å²) in [4.78, 5) is 11.8. The van der Waals surface area contributed by atoms with Crippen molar-refractivity contribution in [2.24, 2.45) is 0 Å². The normalized spacial score (nSPS) is 10.3. The second kappa shape index (κ2) is 6.72. The molecule has 21 heavy (non-hydrogen) atoms. The van der Waals surface area contributed by atoms with Gasteiger partial charge in [0, 0.05) is 5.69 Å². The van der Waals surface area contributed by atoms with Crippen LogP contribution in [-0.2, 0) is 4.79 Å². The quantitative estimate of drug-likeness (QED) is 0.895. The first kappa shape index (κ1) is 15.5. The van der Waals surface area contributed by atoms with Gasteiger partial charge in [0.2, 0.25) is 0 Å². The Morgan fingerprint density at radius 3 is 2.67 bits per heavy atom. The fourth-order valence-electron chi connectivity index (χ4n) is 1.73. The second-order valence-corrected chi connectivity index (χ2v) is 5.59. The van der Waals surface area contributed by atoms with Crippen molar-refractivity contribution in [3.8, 4) is 5.75 Å². The lowest BCUT2D eigenvalue weighted by molar-refractivity contribution is -0.118. The molecule has 0 saturated heterocycles. The van der Waals surface area contributed by atoms with E-state index in [1.54, 1.807) is 25.1 Å². The van der Waals surface area contributed by atoms with E-state index in [0.29, 0.717) is 17.0 Å². The molecule has 0 bridgehead atoms. The zero-order valence-corrected chi connectivity index (χ0v) is 13.3. The summed E-state index contributed by atoms with van der Waals surface area (Å²) in [7, 11) is 0. The van der Waals surface area contributed by atoms with Crippen LogP contribution in [-0.4, -0.2) is 12.5 Å². The molecule has 3 nitrogen and oxygen atoms in total. The van der Waals surface area contributed by atoms with Crippen LogP contribution in [0.1, 0.15) is 11.1 Å². The summed E-state index contributed by atoms with van der Waals surface area (Å²) in [5.41, 5.74) is 2.04. The minimum atomic E-state index is -0.352. The molecule has 0 saturated carbocycles. The Bertz CT molecular complexity index is 673. The Balaban J connectivity index is 1.94. The number of amides is 1. The number of anilines is 1. The van der Waals surface area contributed by atoms with Crippen molar-refractivity contribution < 1.29 is 13.9 Å². The van der Waals surface area contributed by atoms with E-state index in [2.05, 4.69) is 21.2 Å².